The van der Waals surface area contributed by atoms with Crippen LogP contribution in [0.5, 0.6) is 5.75 Å². The van der Waals surface area contributed by atoms with E-state index in [1.165, 1.54) is 6.54 Å². The van der Waals surface area contributed by atoms with Gasteiger partial charge >= 0.3 is 0 Å². The molecule has 1 heterocycles. The normalized spacial score (nSPS) is 16.5. The number of carbonyl (C=O) groups is 1. The van der Waals surface area contributed by atoms with Crippen LogP contribution >= 0.6 is 0 Å². The maximum absolute atomic E-state index is 12.1. The van der Waals surface area contributed by atoms with Crippen LogP contribution in [-0.4, -0.2) is 68.6 Å². The minimum Gasteiger partial charge on any atom is -0.497 e. The van der Waals surface area contributed by atoms with Crippen LogP contribution in [0.2, 0.25) is 0 Å². The number of methoxy groups -OCH3 is 1. The molecule has 1 aromatic rings. The van der Waals surface area contributed by atoms with Gasteiger partial charge in [0.15, 0.2) is 0 Å². The van der Waals surface area contributed by atoms with Crippen molar-refractivity contribution in [2.75, 3.05) is 52.9 Å². The third-order valence-corrected chi connectivity index (χ3v) is 4.15. The monoisotopic (exact) mass is 319 g/mol. The number of carbonyl (C=O) groups excluding carboxylic acids is 1. The summed E-state index contributed by atoms with van der Waals surface area (Å²) in [6.07, 6.45) is 0. The number of hydrogen-bond acceptors (Lipinski definition) is 4. The van der Waals surface area contributed by atoms with E-state index in [2.05, 4.69) is 29.0 Å². The minimum atomic E-state index is -0.0221. The van der Waals surface area contributed by atoms with Gasteiger partial charge in [-0.2, -0.15) is 0 Å². The molecule has 0 aliphatic carbocycles. The summed E-state index contributed by atoms with van der Waals surface area (Å²) in [5.74, 6) is 1.47. The van der Waals surface area contributed by atoms with E-state index in [0.29, 0.717) is 12.1 Å². The highest BCUT2D eigenvalue weighted by atomic mass is 16.5. The second kappa shape index (κ2) is 8.89. The second-order valence-corrected chi connectivity index (χ2v) is 6.52. The van der Waals surface area contributed by atoms with Crippen molar-refractivity contribution in [2.45, 2.75) is 13.8 Å². The van der Waals surface area contributed by atoms with Crippen LogP contribution in [0.15, 0.2) is 24.3 Å². The lowest BCUT2D eigenvalue weighted by Crippen LogP contribution is -2.49. The molecule has 23 heavy (non-hydrogen) atoms. The average molecular weight is 319 g/mol. The van der Waals surface area contributed by atoms with E-state index in [1.54, 1.807) is 19.2 Å². The van der Waals surface area contributed by atoms with Crippen LogP contribution < -0.4 is 10.1 Å². The quantitative estimate of drug-likeness (QED) is 0.831. The van der Waals surface area contributed by atoms with Crippen molar-refractivity contribution in [3.63, 3.8) is 0 Å². The minimum absolute atomic E-state index is 0.0221. The molecule has 1 saturated heterocycles. The first-order chi connectivity index (χ1) is 11.1. The Morgan fingerprint density at radius 3 is 2.30 bits per heavy atom. The summed E-state index contributed by atoms with van der Waals surface area (Å²) in [6, 6.07) is 7.20. The summed E-state index contributed by atoms with van der Waals surface area (Å²) < 4.78 is 5.10. The number of nitrogens with one attached hydrogen (secondary N) is 1. The summed E-state index contributed by atoms with van der Waals surface area (Å²) in [6.45, 7) is 11.8. The molecule has 0 spiro atoms. The lowest BCUT2D eigenvalue weighted by molar-refractivity contribution is 0.0932. The average Bonchev–Trinajstić information content (AvgIpc) is 2.56. The maximum Gasteiger partial charge on any atom is 0.251 e. The van der Waals surface area contributed by atoms with E-state index in [-0.39, 0.29) is 5.91 Å². The van der Waals surface area contributed by atoms with Crippen molar-refractivity contribution in [3.05, 3.63) is 29.8 Å². The molecule has 1 aromatic carbocycles. The SMILES string of the molecule is COc1ccc(C(=O)NCCN2CCN(CC(C)C)CC2)cc1. The molecule has 1 fully saturated rings. The molecule has 128 valence electrons. The number of hydrogen-bond donors (Lipinski definition) is 1. The lowest BCUT2D eigenvalue weighted by atomic mass is 10.2. The first-order valence-corrected chi connectivity index (χ1v) is 8.45. The Morgan fingerprint density at radius 2 is 1.74 bits per heavy atom. The molecule has 0 unspecified atom stereocenters. The Labute approximate surface area is 139 Å². The fourth-order valence-electron chi connectivity index (χ4n) is 2.88. The van der Waals surface area contributed by atoms with Crippen molar-refractivity contribution in [1.29, 1.82) is 0 Å². The maximum atomic E-state index is 12.1. The van der Waals surface area contributed by atoms with Crippen LogP contribution in [0.25, 0.3) is 0 Å². The van der Waals surface area contributed by atoms with Crippen molar-refractivity contribution in [1.82, 2.24) is 15.1 Å². The van der Waals surface area contributed by atoms with Crippen molar-refractivity contribution < 1.29 is 9.53 Å². The number of benzene rings is 1. The summed E-state index contributed by atoms with van der Waals surface area (Å²) in [5, 5.41) is 2.99. The van der Waals surface area contributed by atoms with Crippen molar-refractivity contribution in [3.8, 4) is 5.75 Å². The van der Waals surface area contributed by atoms with Gasteiger partial charge in [0, 0.05) is 51.4 Å². The highest BCUT2D eigenvalue weighted by Crippen LogP contribution is 2.11. The number of piperazine rings is 1. The van der Waals surface area contributed by atoms with Crippen LogP contribution in [-0.2, 0) is 0 Å². The second-order valence-electron chi connectivity index (χ2n) is 6.52. The Morgan fingerprint density at radius 1 is 1.13 bits per heavy atom. The highest BCUT2D eigenvalue weighted by Gasteiger charge is 2.17. The predicted octanol–water partition coefficient (Wildman–Crippen LogP) is 1.70. The molecule has 0 atom stereocenters. The Hall–Kier alpha value is -1.59. The summed E-state index contributed by atoms with van der Waals surface area (Å²) in [7, 11) is 1.62. The van der Waals surface area contributed by atoms with Crippen LogP contribution in [0.4, 0.5) is 0 Å². The zero-order valence-corrected chi connectivity index (χ0v) is 14.5. The van der Waals surface area contributed by atoms with Crippen LogP contribution in [0, 0.1) is 5.92 Å². The highest BCUT2D eigenvalue weighted by molar-refractivity contribution is 5.94. The Bertz CT molecular complexity index is 480. The van der Waals surface area contributed by atoms with Gasteiger partial charge in [-0.05, 0) is 30.2 Å². The topological polar surface area (TPSA) is 44.8 Å². The van der Waals surface area contributed by atoms with Crippen LogP contribution in [0.1, 0.15) is 24.2 Å². The molecule has 0 bridgehead atoms. The number of ether oxygens (including phenoxy) is 1. The molecule has 2 rings (SSSR count). The molecular formula is C18H29N3O2. The van der Waals surface area contributed by atoms with E-state index in [0.717, 1.165) is 44.4 Å². The van der Waals surface area contributed by atoms with Gasteiger partial charge in [0.05, 0.1) is 7.11 Å². The van der Waals surface area contributed by atoms with Gasteiger partial charge in [0.25, 0.3) is 5.91 Å². The van der Waals surface area contributed by atoms with Gasteiger partial charge in [-0.25, -0.2) is 0 Å². The molecule has 1 N–H and O–H groups in total. The largest absolute Gasteiger partial charge is 0.497 e. The molecule has 5 heteroatoms. The fourth-order valence-corrected chi connectivity index (χ4v) is 2.88. The van der Waals surface area contributed by atoms with Gasteiger partial charge < -0.3 is 15.0 Å². The van der Waals surface area contributed by atoms with Gasteiger partial charge in [-0.15, -0.1) is 0 Å². The molecule has 1 aliphatic heterocycles. The molecule has 0 radical (unpaired) electrons. The summed E-state index contributed by atoms with van der Waals surface area (Å²) in [5.41, 5.74) is 0.674. The Kier molecular flexibility index (Phi) is 6.86. The molecular weight excluding hydrogens is 290 g/mol. The van der Waals surface area contributed by atoms with Crippen LogP contribution in [0.3, 0.4) is 0 Å². The summed E-state index contributed by atoms with van der Waals surface area (Å²) in [4.78, 5) is 17.0. The van der Waals surface area contributed by atoms with Gasteiger partial charge in [0.1, 0.15) is 5.75 Å². The van der Waals surface area contributed by atoms with Crippen molar-refractivity contribution >= 4 is 5.91 Å². The standard InChI is InChI=1S/C18H29N3O2/c1-15(2)14-21-12-10-20(11-13-21)9-8-19-18(22)16-4-6-17(23-3)7-5-16/h4-7,15H,8-14H2,1-3H3,(H,19,22). The zero-order valence-electron chi connectivity index (χ0n) is 14.5. The van der Waals surface area contributed by atoms with E-state index in [1.807, 2.05) is 12.1 Å². The Balaban J connectivity index is 1.66. The van der Waals surface area contributed by atoms with Gasteiger partial charge in [-0.1, -0.05) is 13.8 Å². The van der Waals surface area contributed by atoms with E-state index in [4.69, 9.17) is 4.74 Å². The third-order valence-electron chi connectivity index (χ3n) is 4.15. The number of amides is 1. The van der Waals surface area contributed by atoms with E-state index >= 15 is 0 Å². The molecule has 1 amide bonds. The number of nitrogens with zero attached hydrogens (tertiary/aromatic N) is 2. The fraction of sp³-hybridized carbons (Fsp3) is 0.611. The predicted molar refractivity (Wildman–Crippen MR) is 93.0 cm³/mol. The first-order valence-electron chi connectivity index (χ1n) is 8.45. The summed E-state index contributed by atoms with van der Waals surface area (Å²) >= 11 is 0. The molecule has 0 aromatic heterocycles. The number of rotatable bonds is 7. The van der Waals surface area contributed by atoms with Crippen molar-refractivity contribution in [2.24, 2.45) is 5.92 Å². The van der Waals surface area contributed by atoms with Gasteiger partial charge in [0.2, 0.25) is 0 Å². The molecule has 0 saturated carbocycles. The zero-order chi connectivity index (χ0) is 16.7. The van der Waals surface area contributed by atoms with Gasteiger partial charge in [-0.3, -0.25) is 9.69 Å². The van der Waals surface area contributed by atoms with E-state index in [9.17, 15) is 4.79 Å². The lowest BCUT2D eigenvalue weighted by Gasteiger charge is -2.35. The van der Waals surface area contributed by atoms with E-state index < -0.39 is 0 Å². The molecule has 1 aliphatic rings. The molecule has 5 nitrogen and oxygen atoms in total. The first kappa shape index (κ1) is 17.8. The smallest absolute Gasteiger partial charge is 0.251 e. The third kappa shape index (κ3) is 5.84.